The fourth-order valence-corrected chi connectivity index (χ4v) is 1.79. The fraction of sp³-hybridized carbons (Fsp3) is 0.538. The molecular formula is C13H20FN. The molecule has 1 nitrogen and oxygen atoms in total. The van der Waals surface area contributed by atoms with Crippen LogP contribution in [0, 0.1) is 12.7 Å². The van der Waals surface area contributed by atoms with E-state index in [9.17, 15) is 4.39 Å². The van der Waals surface area contributed by atoms with Crippen molar-refractivity contribution in [2.45, 2.75) is 39.7 Å². The smallest absolute Gasteiger partial charge is 0.123 e. The van der Waals surface area contributed by atoms with Crippen molar-refractivity contribution in [2.24, 2.45) is 0 Å². The van der Waals surface area contributed by atoms with E-state index in [1.165, 1.54) is 0 Å². The lowest BCUT2D eigenvalue weighted by molar-refractivity contribution is 0.529. The highest BCUT2D eigenvalue weighted by Crippen LogP contribution is 2.11. The van der Waals surface area contributed by atoms with Crippen LogP contribution in [0.25, 0.3) is 0 Å². The van der Waals surface area contributed by atoms with Crippen molar-refractivity contribution in [3.63, 3.8) is 0 Å². The third kappa shape index (κ3) is 4.43. The summed E-state index contributed by atoms with van der Waals surface area (Å²) in [6.07, 6.45) is 1.99. The van der Waals surface area contributed by atoms with E-state index in [4.69, 9.17) is 0 Å². The summed E-state index contributed by atoms with van der Waals surface area (Å²) in [7, 11) is 0. The van der Waals surface area contributed by atoms with E-state index in [0.29, 0.717) is 6.04 Å². The van der Waals surface area contributed by atoms with Gasteiger partial charge in [-0.25, -0.2) is 4.39 Å². The van der Waals surface area contributed by atoms with Gasteiger partial charge >= 0.3 is 0 Å². The van der Waals surface area contributed by atoms with Gasteiger partial charge in [0.25, 0.3) is 0 Å². The molecule has 1 unspecified atom stereocenters. The molecule has 0 spiro atoms. The molecule has 0 saturated heterocycles. The Labute approximate surface area is 91.7 Å². The molecule has 0 fully saturated rings. The predicted molar refractivity (Wildman–Crippen MR) is 62.6 cm³/mol. The van der Waals surface area contributed by atoms with Crippen molar-refractivity contribution < 1.29 is 4.39 Å². The summed E-state index contributed by atoms with van der Waals surface area (Å²) < 4.78 is 13.1. The third-order valence-corrected chi connectivity index (χ3v) is 2.52. The minimum atomic E-state index is -0.124. The van der Waals surface area contributed by atoms with Crippen molar-refractivity contribution in [2.75, 3.05) is 6.54 Å². The summed E-state index contributed by atoms with van der Waals surface area (Å²) in [6, 6.07) is 5.75. The van der Waals surface area contributed by atoms with Crippen molar-refractivity contribution in [3.8, 4) is 0 Å². The molecule has 1 N–H and O–H groups in total. The lowest BCUT2D eigenvalue weighted by Gasteiger charge is -2.12. The van der Waals surface area contributed by atoms with E-state index in [1.54, 1.807) is 12.1 Å². The monoisotopic (exact) mass is 209 g/mol. The molecule has 0 aromatic heterocycles. The Bertz CT molecular complexity index is 289. The molecule has 0 radical (unpaired) electrons. The van der Waals surface area contributed by atoms with Gasteiger partial charge in [0.15, 0.2) is 0 Å². The maximum atomic E-state index is 13.1. The van der Waals surface area contributed by atoms with Crippen LogP contribution >= 0.6 is 0 Å². The van der Waals surface area contributed by atoms with Gasteiger partial charge in [-0.1, -0.05) is 13.0 Å². The highest BCUT2D eigenvalue weighted by molar-refractivity contribution is 5.23. The molecule has 1 rings (SSSR count). The first-order valence-corrected chi connectivity index (χ1v) is 5.61. The highest BCUT2D eigenvalue weighted by atomic mass is 19.1. The quantitative estimate of drug-likeness (QED) is 0.786. The van der Waals surface area contributed by atoms with E-state index in [0.717, 1.165) is 30.5 Å². The zero-order chi connectivity index (χ0) is 11.3. The second-order valence-electron chi connectivity index (χ2n) is 4.13. The van der Waals surface area contributed by atoms with Gasteiger partial charge in [-0.3, -0.25) is 0 Å². The van der Waals surface area contributed by atoms with Gasteiger partial charge in [0.1, 0.15) is 5.82 Å². The van der Waals surface area contributed by atoms with Crippen LogP contribution in [0.1, 0.15) is 31.4 Å². The van der Waals surface area contributed by atoms with Gasteiger partial charge in [-0.15, -0.1) is 0 Å². The molecule has 2 heteroatoms. The van der Waals surface area contributed by atoms with Crippen LogP contribution in [0.2, 0.25) is 0 Å². The molecule has 0 amide bonds. The predicted octanol–water partition coefficient (Wildman–Crippen LogP) is 3.06. The van der Waals surface area contributed by atoms with Gasteiger partial charge in [0, 0.05) is 6.04 Å². The summed E-state index contributed by atoms with van der Waals surface area (Å²) in [4.78, 5) is 0. The largest absolute Gasteiger partial charge is 0.315 e. The summed E-state index contributed by atoms with van der Waals surface area (Å²) in [5, 5.41) is 3.35. The third-order valence-electron chi connectivity index (χ3n) is 2.52. The summed E-state index contributed by atoms with van der Waals surface area (Å²) in [6.45, 7) is 7.18. The summed E-state index contributed by atoms with van der Waals surface area (Å²) in [5.74, 6) is -0.124. The standard InChI is InChI=1S/C13H20FN/c1-4-15-11(3)5-6-12-7-10(2)8-13(14)9-12/h7-9,11,15H,4-6H2,1-3H3. The topological polar surface area (TPSA) is 12.0 Å². The zero-order valence-electron chi connectivity index (χ0n) is 9.81. The molecule has 0 heterocycles. The van der Waals surface area contributed by atoms with Crippen LogP contribution in [-0.2, 0) is 6.42 Å². The number of benzene rings is 1. The minimum absolute atomic E-state index is 0.124. The maximum absolute atomic E-state index is 13.1. The average molecular weight is 209 g/mol. The number of nitrogens with one attached hydrogen (secondary N) is 1. The van der Waals surface area contributed by atoms with Crippen LogP contribution in [-0.4, -0.2) is 12.6 Å². The molecule has 0 aliphatic carbocycles. The zero-order valence-corrected chi connectivity index (χ0v) is 9.81. The minimum Gasteiger partial charge on any atom is -0.315 e. The van der Waals surface area contributed by atoms with Crippen LogP contribution in [0.5, 0.6) is 0 Å². The van der Waals surface area contributed by atoms with Gasteiger partial charge in [0.05, 0.1) is 0 Å². The van der Waals surface area contributed by atoms with E-state index >= 15 is 0 Å². The molecular weight excluding hydrogens is 189 g/mol. The Balaban J connectivity index is 2.50. The van der Waals surface area contributed by atoms with E-state index in [1.807, 2.05) is 6.92 Å². The lowest BCUT2D eigenvalue weighted by atomic mass is 10.0. The summed E-state index contributed by atoms with van der Waals surface area (Å²) in [5.41, 5.74) is 2.10. The first-order chi connectivity index (χ1) is 7.11. The van der Waals surface area contributed by atoms with Crippen molar-refractivity contribution in [1.82, 2.24) is 5.32 Å². The SMILES string of the molecule is CCNC(C)CCc1cc(C)cc(F)c1. The van der Waals surface area contributed by atoms with Gasteiger partial charge in [0.2, 0.25) is 0 Å². The average Bonchev–Trinajstić information content (AvgIpc) is 2.14. The number of hydrogen-bond acceptors (Lipinski definition) is 1. The van der Waals surface area contributed by atoms with Gasteiger partial charge in [-0.05, 0) is 56.5 Å². The first kappa shape index (κ1) is 12.2. The van der Waals surface area contributed by atoms with Gasteiger partial charge < -0.3 is 5.32 Å². The fourth-order valence-electron chi connectivity index (χ4n) is 1.79. The molecule has 1 aromatic carbocycles. The Morgan fingerprint density at radius 1 is 1.33 bits per heavy atom. The molecule has 1 aromatic rings. The second kappa shape index (κ2) is 5.86. The molecule has 15 heavy (non-hydrogen) atoms. The Hall–Kier alpha value is -0.890. The molecule has 0 bridgehead atoms. The van der Waals surface area contributed by atoms with Gasteiger partial charge in [-0.2, -0.15) is 0 Å². The molecule has 0 aliphatic heterocycles. The van der Waals surface area contributed by atoms with Crippen LogP contribution in [0.3, 0.4) is 0 Å². The number of rotatable bonds is 5. The van der Waals surface area contributed by atoms with Crippen molar-refractivity contribution in [1.29, 1.82) is 0 Å². The molecule has 0 saturated carbocycles. The highest BCUT2D eigenvalue weighted by Gasteiger charge is 2.02. The normalized spacial score (nSPS) is 12.8. The molecule has 84 valence electrons. The molecule has 1 atom stereocenters. The van der Waals surface area contributed by atoms with E-state index in [2.05, 4.69) is 25.2 Å². The van der Waals surface area contributed by atoms with Crippen LogP contribution < -0.4 is 5.32 Å². The number of aryl methyl sites for hydroxylation is 2. The Kier molecular flexibility index (Phi) is 4.76. The van der Waals surface area contributed by atoms with Crippen LogP contribution in [0.15, 0.2) is 18.2 Å². The first-order valence-electron chi connectivity index (χ1n) is 5.61. The maximum Gasteiger partial charge on any atom is 0.123 e. The molecule has 0 aliphatic rings. The van der Waals surface area contributed by atoms with E-state index in [-0.39, 0.29) is 5.82 Å². The number of hydrogen-bond donors (Lipinski definition) is 1. The van der Waals surface area contributed by atoms with Crippen molar-refractivity contribution >= 4 is 0 Å². The van der Waals surface area contributed by atoms with Crippen molar-refractivity contribution in [3.05, 3.63) is 35.1 Å². The van der Waals surface area contributed by atoms with E-state index < -0.39 is 0 Å². The number of halogens is 1. The summed E-state index contributed by atoms with van der Waals surface area (Å²) >= 11 is 0. The van der Waals surface area contributed by atoms with Crippen LogP contribution in [0.4, 0.5) is 4.39 Å². The Morgan fingerprint density at radius 2 is 2.07 bits per heavy atom. The lowest BCUT2D eigenvalue weighted by Crippen LogP contribution is -2.25. The second-order valence-corrected chi connectivity index (χ2v) is 4.13. The Morgan fingerprint density at radius 3 is 2.67 bits per heavy atom.